The number of fused-ring (bicyclic) bond motifs is 4. The summed E-state index contributed by atoms with van der Waals surface area (Å²) >= 11 is 0. The molecule has 0 spiro atoms. The van der Waals surface area contributed by atoms with Crippen molar-refractivity contribution in [3.63, 3.8) is 0 Å². The average Bonchev–Trinajstić information content (AvgIpc) is 3.76. The van der Waals surface area contributed by atoms with E-state index in [1.165, 1.54) is 14.2 Å². The highest BCUT2D eigenvalue weighted by molar-refractivity contribution is 6.01. The van der Waals surface area contributed by atoms with E-state index in [1.54, 1.807) is 29.2 Å². The van der Waals surface area contributed by atoms with Gasteiger partial charge in [-0.1, -0.05) is 24.3 Å². The third-order valence-corrected chi connectivity index (χ3v) is 10.3. The number of carbonyl (C=O) groups excluding carboxylic acids is 2. The van der Waals surface area contributed by atoms with Gasteiger partial charge in [-0.15, -0.1) is 0 Å². The van der Waals surface area contributed by atoms with E-state index in [2.05, 4.69) is 15.3 Å². The number of halogens is 2. The van der Waals surface area contributed by atoms with Crippen LogP contribution in [0, 0.1) is 23.0 Å². The van der Waals surface area contributed by atoms with Gasteiger partial charge >= 0.3 is 18.1 Å². The van der Waals surface area contributed by atoms with Gasteiger partial charge in [0.25, 0.3) is 0 Å². The summed E-state index contributed by atoms with van der Waals surface area (Å²) in [5.41, 5.74) is -1.52. The Labute approximate surface area is 293 Å². The fourth-order valence-corrected chi connectivity index (χ4v) is 7.82. The fraction of sp³-hybridized carbons (Fsp3) is 0.459. The van der Waals surface area contributed by atoms with Crippen molar-refractivity contribution in [2.75, 3.05) is 61.3 Å². The Morgan fingerprint density at radius 3 is 2.63 bits per heavy atom. The summed E-state index contributed by atoms with van der Waals surface area (Å²) in [5, 5.41) is 4.49. The third-order valence-electron chi connectivity index (χ3n) is 10.3. The first-order valence-corrected chi connectivity index (χ1v) is 16.9. The number of ether oxygens (including phenoxy) is 5. The Morgan fingerprint density at radius 1 is 1.08 bits per heavy atom. The minimum atomic E-state index is -1.00. The van der Waals surface area contributed by atoms with E-state index in [1.807, 2.05) is 38.1 Å². The molecule has 3 fully saturated rings. The highest BCUT2D eigenvalue weighted by Crippen LogP contribution is 2.54. The molecule has 7 rings (SSSR count). The Bertz CT molecular complexity index is 2010. The number of nitrogens with zero attached hydrogens (tertiary/aromatic N) is 4. The molecule has 270 valence electrons. The average molecular weight is 706 g/mol. The molecular weight excluding hydrogens is 664 g/mol. The zero-order valence-electron chi connectivity index (χ0n) is 29.3. The Kier molecular flexibility index (Phi) is 9.19. The van der Waals surface area contributed by atoms with Crippen molar-refractivity contribution < 1.29 is 42.1 Å². The number of hydrogen-bond acceptors (Lipinski definition) is 11. The molecule has 1 aliphatic carbocycles. The largest absolute Gasteiger partial charge is 0.469 e. The summed E-state index contributed by atoms with van der Waals surface area (Å²) in [6.07, 6.45) is 1.40. The lowest BCUT2D eigenvalue weighted by molar-refractivity contribution is -0.143. The quantitative estimate of drug-likeness (QED) is 0.165. The minimum Gasteiger partial charge on any atom is -0.469 e. The Hall–Kier alpha value is -4.66. The zero-order chi connectivity index (χ0) is 36.1. The van der Waals surface area contributed by atoms with Gasteiger partial charge in [0.2, 0.25) is 5.88 Å². The molecule has 51 heavy (non-hydrogen) atoms. The normalized spacial score (nSPS) is 23.9. The van der Waals surface area contributed by atoms with Crippen LogP contribution >= 0.6 is 0 Å². The first-order valence-electron chi connectivity index (χ1n) is 16.9. The lowest BCUT2D eigenvalue weighted by Gasteiger charge is -2.41. The van der Waals surface area contributed by atoms with Crippen LogP contribution in [0.25, 0.3) is 32.8 Å². The molecule has 14 heteroatoms. The molecule has 4 unspecified atom stereocenters. The molecule has 2 bridgehead atoms. The number of piperazine rings is 1. The molecular formula is C37H41F2N5O7. The van der Waals surface area contributed by atoms with Gasteiger partial charge in [-0.2, -0.15) is 9.97 Å². The maximum Gasteiger partial charge on any atom is 0.417 e. The Balaban J connectivity index is 1.34. The van der Waals surface area contributed by atoms with Gasteiger partial charge < -0.3 is 33.9 Å². The lowest BCUT2D eigenvalue weighted by Crippen LogP contribution is -2.61. The molecule has 1 amide bonds. The van der Waals surface area contributed by atoms with Crippen molar-refractivity contribution in [2.45, 2.75) is 37.8 Å². The van der Waals surface area contributed by atoms with E-state index in [0.717, 1.165) is 18.9 Å². The molecule has 2 aliphatic heterocycles. The van der Waals surface area contributed by atoms with Gasteiger partial charge in [-0.3, -0.25) is 9.69 Å². The molecule has 4 atom stereocenters. The van der Waals surface area contributed by atoms with Crippen LogP contribution < -0.4 is 19.5 Å². The summed E-state index contributed by atoms with van der Waals surface area (Å²) in [7, 11) is 6.57. The lowest BCUT2D eigenvalue weighted by atomic mass is 9.96. The second-order valence-electron chi connectivity index (χ2n) is 14.2. The van der Waals surface area contributed by atoms with Crippen LogP contribution in [0.15, 0.2) is 42.5 Å². The molecule has 3 aliphatic rings. The van der Waals surface area contributed by atoms with Crippen molar-refractivity contribution in [3.05, 3.63) is 54.1 Å². The van der Waals surface area contributed by atoms with E-state index in [4.69, 9.17) is 23.7 Å². The van der Waals surface area contributed by atoms with Crippen molar-refractivity contribution in [2.24, 2.45) is 11.3 Å². The number of hydrogen-bond donors (Lipinski definition) is 1. The van der Waals surface area contributed by atoms with Gasteiger partial charge in [0.05, 0.1) is 36.1 Å². The summed E-state index contributed by atoms with van der Waals surface area (Å²) in [6, 6.07) is 11.2. The predicted octanol–water partition coefficient (Wildman–Crippen LogP) is 5.16. The summed E-state index contributed by atoms with van der Waals surface area (Å²) < 4.78 is 61.1. The summed E-state index contributed by atoms with van der Waals surface area (Å²) in [4.78, 5) is 38.8. The highest BCUT2D eigenvalue weighted by Gasteiger charge is 2.60. The SMILES string of the molecule is COCOc1cc(-c2c(F)cc3c(OC(=O)N4C5CCC4(C)CNC5)nc(OCC4(CN(C)C)CC4C(=O)OC)nc3c2F)c2ccccc2c1. The zero-order valence-corrected chi connectivity index (χ0v) is 29.3. The smallest absolute Gasteiger partial charge is 0.417 e. The maximum absolute atomic E-state index is 17.0. The summed E-state index contributed by atoms with van der Waals surface area (Å²) in [5.74, 6) is -2.68. The highest BCUT2D eigenvalue weighted by atomic mass is 19.1. The van der Waals surface area contributed by atoms with Gasteiger partial charge in [0, 0.05) is 38.2 Å². The number of rotatable bonds is 11. The van der Waals surface area contributed by atoms with E-state index < -0.39 is 34.6 Å². The van der Waals surface area contributed by atoms with Gasteiger partial charge in [0.15, 0.2) is 12.6 Å². The van der Waals surface area contributed by atoms with E-state index in [-0.39, 0.29) is 59.3 Å². The minimum absolute atomic E-state index is 0.000964. The van der Waals surface area contributed by atoms with Crippen molar-refractivity contribution in [1.82, 2.24) is 25.1 Å². The van der Waals surface area contributed by atoms with E-state index in [9.17, 15) is 9.59 Å². The molecule has 1 aromatic heterocycles. The Morgan fingerprint density at radius 2 is 1.88 bits per heavy atom. The van der Waals surface area contributed by atoms with Gasteiger partial charge in [-0.05, 0) is 74.8 Å². The van der Waals surface area contributed by atoms with Crippen LogP contribution in [0.4, 0.5) is 13.6 Å². The number of carbonyl (C=O) groups is 2. The molecule has 0 radical (unpaired) electrons. The third kappa shape index (κ3) is 6.40. The number of nitrogens with one attached hydrogen (secondary N) is 1. The first kappa shape index (κ1) is 34.8. The number of esters is 1. The molecule has 3 aromatic carbocycles. The van der Waals surface area contributed by atoms with Crippen molar-refractivity contribution in [1.29, 1.82) is 0 Å². The number of amides is 1. The van der Waals surface area contributed by atoms with Crippen LogP contribution in [0.2, 0.25) is 0 Å². The van der Waals surface area contributed by atoms with E-state index in [0.29, 0.717) is 42.6 Å². The predicted molar refractivity (Wildman–Crippen MR) is 184 cm³/mol. The molecule has 4 aromatic rings. The second kappa shape index (κ2) is 13.5. The first-order chi connectivity index (χ1) is 24.5. The molecule has 1 N–H and O–H groups in total. The number of methoxy groups -OCH3 is 2. The fourth-order valence-electron chi connectivity index (χ4n) is 7.82. The molecule has 1 saturated carbocycles. The monoisotopic (exact) mass is 705 g/mol. The maximum atomic E-state index is 17.0. The van der Waals surface area contributed by atoms with Gasteiger partial charge in [-0.25, -0.2) is 13.6 Å². The second-order valence-corrected chi connectivity index (χ2v) is 14.2. The number of benzene rings is 3. The molecule has 12 nitrogen and oxygen atoms in total. The topological polar surface area (TPSA) is 125 Å². The standard InChI is InChI=1S/C37H41F2N5O7/c1-36-11-10-22(16-40-17-36)44(36)35(46)51-32-26-14-28(38)29(25-13-23(50-20-47-4)12-21-8-6-7-9-24(21)25)30(39)31(26)41-34(42-32)49-19-37(18-43(2)3)15-27(37)33(45)48-5/h6-9,12-14,22,27,40H,10-11,15-20H2,1-5H3. The van der Waals surface area contributed by atoms with Gasteiger partial charge in [0.1, 0.15) is 17.1 Å². The van der Waals surface area contributed by atoms with Crippen molar-refractivity contribution in [3.8, 4) is 28.8 Å². The van der Waals surface area contributed by atoms with Crippen LogP contribution in [0.1, 0.15) is 26.2 Å². The van der Waals surface area contributed by atoms with E-state index >= 15 is 8.78 Å². The van der Waals surface area contributed by atoms with Crippen LogP contribution in [-0.2, 0) is 14.3 Å². The van der Waals surface area contributed by atoms with Crippen LogP contribution in [0.5, 0.6) is 17.6 Å². The van der Waals surface area contributed by atoms with Crippen molar-refractivity contribution >= 4 is 33.7 Å². The van der Waals surface area contributed by atoms with Crippen LogP contribution in [0.3, 0.4) is 0 Å². The summed E-state index contributed by atoms with van der Waals surface area (Å²) in [6.45, 7) is 3.60. The number of aromatic nitrogens is 2. The molecule has 3 heterocycles. The van der Waals surface area contributed by atoms with Crippen LogP contribution in [-0.4, -0.2) is 105 Å². The molecule has 2 saturated heterocycles.